The van der Waals surface area contributed by atoms with Gasteiger partial charge in [-0.2, -0.15) is 4.31 Å². The Morgan fingerprint density at radius 2 is 1.61 bits per heavy atom. The number of fused-ring (bicyclic) bond motifs is 1. The zero-order valence-corrected chi connectivity index (χ0v) is 19.6. The van der Waals surface area contributed by atoms with Gasteiger partial charge in [0.1, 0.15) is 10.7 Å². The molecular weight excluding hydrogens is 436 g/mol. The SMILES string of the molecule is CN(C)CCN(C)S(=O)(=O)c1cc(-c2ccc3nccc(-c4ccncc4)c3c2)cnc1N. The second-order valence-corrected chi connectivity index (χ2v) is 10.1. The summed E-state index contributed by atoms with van der Waals surface area (Å²) in [5.74, 6) is -0.0182. The first-order valence-corrected chi connectivity index (χ1v) is 11.9. The molecule has 9 heteroatoms. The Kier molecular flexibility index (Phi) is 6.37. The van der Waals surface area contributed by atoms with E-state index in [0.717, 1.165) is 27.6 Å². The van der Waals surface area contributed by atoms with Crippen molar-refractivity contribution in [2.75, 3.05) is 40.0 Å². The number of anilines is 1. The minimum absolute atomic E-state index is 0.00176. The van der Waals surface area contributed by atoms with Crippen molar-refractivity contribution in [3.05, 3.63) is 67.3 Å². The van der Waals surface area contributed by atoms with Gasteiger partial charge >= 0.3 is 0 Å². The third-order valence-corrected chi connectivity index (χ3v) is 7.38. The quantitative estimate of drug-likeness (QED) is 0.450. The first kappa shape index (κ1) is 22.8. The second-order valence-electron chi connectivity index (χ2n) is 8.06. The summed E-state index contributed by atoms with van der Waals surface area (Å²) >= 11 is 0. The summed E-state index contributed by atoms with van der Waals surface area (Å²) in [5, 5.41) is 0.950. The van der Waals surface area contributed by atoms with Gasteiger partial charge < -0.3 is 10.6 Å². The maximum Gasteiger partial charge on any atom is 0.246 e. The summed E-state index contributed by atoms with van der Waals surface area (Å²) in [6, 6.07) is 13.3. The smallest absolute Gasteiger partial charge is 0.246 e. The number of hydrogen-bond donors (Lipinski definition) is 1. The Labute approximate surface area is 193 Å². The van der Waals surface area contributed by atoms with Crippen molar-refractivity contribution >= 4 is 26.7 Å². The number of hydrogen-bond acceptors (Lipinski definition) is 7. The molecule has 3 heterocycles. The van der Waals surface area contributed by atoms with Gasteiger partial charge in [0.05, 0.1) is 5.52 Å². The maximum absolute atomic E-state index is 13.2. The lowest BCUT2D eigenvalue weighted by atomic mass is 9.98. The zero-order valence-electron chi connectivity index (χ0n) is 18.8. The monoisotopic (exact) mass is 462 g/mol. The number of rotatable bonds is 7. The number of sulfonamides is 1. The average molecular weight is 463 g/mol. The number of likely N-dealkylation sites (N-methyl/N-ethyl adjacent to an activating group) is 2. The van der Waals surface area contributed by atoms with Gasteiger partial charge in [0, 0.05) is 55.9 Å². The van der Waals surface area contributed by atoms with Crippen molar-refractivity contribution in [1.82, 2.24) is 24.2 Å². The molecule has 0 unspecified atom stereocenters. The number of nitrogens with two attached hydrogens (primary N) is 1. The van der Waals surface area contributed by atoms with Gasteiger partial charge in [-0.1, -0.05) is 6.07 Å². The van der Waals surface area contributed by atoms with Crippen LogP contribution in [0.5, 0.6) is 0 Å². The fourth-order valence-electron chi connectivity index (χ4n) is 3.56. The van der Waals surface area contributed by atoms with Crippen LogP contribution < -0.4 is 5.73 Å². The molecule has 4 rings (SSSR count). The third kappa shape index (κ3) is 4.70. The maximum atomic E-state index is 13.2. The molecule has 33 heavy (non-hydrogen) atoms. The van der Waals surface area contributed by atoms with Crippen LogP contribution in [0.3, 0.4) is 0 Å². The van der Waals surface area contributed by atoms with Gasteiger partial charge in [-0.25, -0.2) is 13.4 Å². The van der Waals surface area contributed by atoms with Crippen LogP contribution in [0.1, 0.15) is 0 Å². The van der Waals surface area contributed by atoms with E-state index in [4.69, 9.17) is 5.73 Å². The molecule has 0 saturated carbocycles. The predicted molar refractivity (Wildman–Crippen MR) is 131 cm³/mol. The van der Waals surface area contributed by atoms with Crippen LogP contribution in [-0.4, -0.2) is 66.8 Å². The van der Waals surface area contributed by atoms with Gasteiger partial charge in [-0.3, -0.25) is 9.97 Å². The predicted octanol–water partition coefficient (Wildman–Crippen LogP) is 3.12. The topological polar surface area (TPSA) is 105 Å². The molecule has 2 N–H and O–H groups in total. The van der Waals surface area contributed by atoms with E-state index < -0.39 is 10.0 Å². The fourth-order valence-corrected chi connectivity index (χ4v) is 4.81. The van der Waals surface area contributed by atoms with Crippen molar-refractivity contribution in [3.8, 4) is 22.3 Å². The number of pyridine rings is 3. The van der Waals surface area contributed by atoms with Crippen LogP contribution in [0.25, 0.3) is 33.2 Å². The normalized spacial score (nSPS) is 12.0. The van der Waals surface area contributed by atoms with E-state index in [1.165, 1.54) is 4.31 Å². The molecule has 0 aliphatic carbocycles. The second kappa shape index (κ2) is 9.22. The summed E-state index contributed by atoms with van der Waals surface area (Å²) in [5.41, 5.74) is 10.4. The zero-order chi connectivity index (χ0) is 23.6. The minimum Gasteiger partial charge on any atom is -0.383 e. The van der Waals surface area contributed by atoms with Crippen molar-refractivity contribution in [3.63, 3.8) is 0 Å². The molecule has 0 atom stereocenters. The Hall–Kier alpha value is -3.40. The standard InChI is InChI=1S/C24H26N6O2S/c1-29(2)12-13-30(3)33(31,32)23-15-19(16-28-24(23)25)18-4-5-22-21(14-18)20(8-11-27-22)17-6-9-26-10-7-17/h4-11,14-16H,12-13H2,1-3H3,(H2,25,28). The molecular formula is C24H26N6O2S. The molecule has 170 valence electrons. The van der Waals surface area contributed by atoms with Crippen molar-refractivity contribution in [2.45, 2.75) is 4.90 Å². The van der Waals surface area contributed by atoms with Crippen LogP contribution in [0.2, 0.25) is 0 Å². The van der Waals surface area contributed by atoms with E-state index in [2.05, 4.69) is 15.0 Å². The van der Waals surface area contributed by atoms with Gasteiger partial charge in [-0.05, 0) is 67.2 Å². The summed E-state index contributed by atoms with van der Waals surface area (Å²) in [7, 11) is 1.55. The molecule has 4 aromatic rings. The van der Waals surface area contributed by atoms with Gasteiger partial charge in [0.15, 0.2) is 0 Å². The van der Waals surface area contributed by atoms with Crippen LogP contribution >= 0.6 is 0 Å². The molecule has 1 aromatic carbocycles. The van der Waals surface area contributed by atoms with E-state index in [1.807, 2.05) is 55.4 Å². The van der Waals surface area contributed by atoms with E-state index >= 15 is 0 Å². The molecule has 0 spiro atoms. The molecule has 3 aromatic heterocycles. The first-order valence-electron chi connectivity index (χ1n) is 10.4. The Morgan fingerprint density at radius 3 is 2.33 bits per heavy atom. The van der Waals surface area contributed by atoms with E-state index in [-0.39, 0.29) is 10.7 Å². The molecule has 8 nitrogen and oxygen atoms in total. The summed E-state index contributed by atoms with van der Waals surface area (Å²) in [4.78, 5) is 14.7. The summed E-state index contributed by atoms with van der Waals surface area (Å²) in [6.45, 7) is 0.939. The molecule has 0 aliphatic rings. The Balaban J connectivity index is 1.78. The van der Waals surface area contributed by atoms with Crippen LogP contribution in [0, 0.1) is 0 Å². The first-order chi connectivity index (χ1) is 15.8. The average Bonchev–Trinajstić information content (AvgIpc) is 2.82. The van der Waals surface area contributed by atoms with Crippen molar-refractivity contribution in [2.24, 2.45) is 0 Å². The third-order valence-electron chi connectivity index (χ3n) is 5.50. The number of benzene rings is 1. The Bertz CT molecular complexity index is 1390. The van der Waals surface area contributed by atoms with Crippen LogP contribution in [0.4, 0.5) is 5.82 Å². The molecule has 0 amide bonds. The summed E-state index contributed by atoms with van der Waals surface area (Å²) < 4.78 is 27.6. The van der Waals surface area contributed by atoms with E-state index in [9.17, 15) is 8.42 Å². The van der Waals surface area contributed by atoms with Gasteiger partial charge in [-0.15, -0.1) is 0 Å². The minimum atomic E-state index is -3.79. The highest BCUT2D eigenvalue weighted by atomic mass is 32.2. The molecule has 0 saturated heterocycles. The largest absolute Gasteiger partial charge is 0.383 e. The number of nitrogen functional groups attached to an aromatic ring is 1. The fraction of sp³-hybridized carbons (Fsp3) is 0.208. The van der Waals surface area contributed by atoms with E-state index in [0.29, 0.717) is 18.7 Å². The summed E-state index contributed by atoms with van der Waals surface area (Å²) in [6.07, 6.45) is 6.87. The van der Waals surface area contributed by atoms with Crippen molar-refractivity contribution < 1.29 is 8.42 Å². The molecule has 0 aliphatic heterocycles. The highest BCUT2D eigenvalue weighted by Crippen LogP contribution is 2.32. The van der Waals surface area contributed by atoms with Crippen molar-refractivity contribution in [1.29, 1.82) is 0 Å². The van der Waals surface area contributed by atoms with Gasteiger partial charge in [0.25, 0.3) is 0 Å². The van der Waals surface area contributed by atoms with Crippen LogP contribution in [0.15, 0.2) is 72.1 Å². The van der Waals surface area contributed by atoms with Crippen LogP contribution in [-0.2, 0) is 10.0 Å². The Morgan fingerprint density at radius 1 is 0.848 bits per heavy atom. The molecule has 0 bridgehead atoms. The molecule has 0 radical (unpaired) electrons. The highest BCUT2D eigenvalue weighted by molar-refractivity contribution is 7.89. The highest BCUT2D eigenvalue weighted by Gasteiger charge is 2.25. The van der Waals surface area contributed by atoms with E-state index in [1.54, 1.807) is 37.9 Å². The number of nitrogens with zero attached hydrogens (tertiary/aromatic N) is 5. The lowest BCUT2D eigenvalue weighted by Crippen LogP contribution is -2.34. The lowest BCUT2D eigenvalue weighted by Gasteiger charge is -2.20. The number of aromatic nitrogens is 3. The molecule has 0 fully saturated rings. The lowest BCUT2D eigenvalue weighted by molar-refractivity contribution is 0.358. The van der Waals surface area contributed by atoms with Gasteiger partial charge in [0.2, 0.25) is 10.0 Å².